The van der Waals surface area contributed by atoms with Crippen molar-refractivity contribution in [3.05, 3.63) is 43.0 Å². The van der Waals surface area contributed by atoms with Crippen LogP contribution < -0.4 is 9.64 Å². The van der Waals surface area contributed by atoms with E-state index < -0.39 is 0 Å². The fourth-order valence-electron chi connectivity index (χ4n) is 4.33. The molecule has 0 radical (unpaired) electrons. The molecule has 9 heteroatoms. The summed E-state index contributed by atoms with van der Waals surface area (Å²) in [4.78, 5) is 24.0. The number of H-pyrrole nitrogens is 2. The van der Waals surface area contributed by atoms with Crippen molar-refractivity contribution >= 4 is 27.8 Å². The number of pyridine rings is 3. The van der Waals surface area contributed by atoms with Crippen LogP contribution >= 0.6 is 0 Å². The average molecular weight is 426 g/mol. The lowest BCUT2D eigenvalue weighted by Gasteiger charge is -2.28. The Morgan fingerprint density at radius 3 is 2.81 bits per heavy atom. The highest BCUT2D eigenvalue weighted by Crippen LogP contribution is 2.32. The Morgan fingerprint density at radius 1 is 1.03 bits per heavy atom. The maximum absolute atomic E-state index is 5.30. The summed E-state index contributed by atoms with van der Waals surface area (Å²) in [6, 6.07) is 5.96. The van der Waals surface area contributed by atoms with Crippen molar-refractivity contribution in [3.63, 3.8) is 0 Å². The van der Waals surface area contributed by atoms with Gasteiger partial charge in [0.25, 0.3) is 0 Å². The Bertz CT molecular complexity index is 1420. The van der Waals surface area contributed by atoms with Crippen LogP contribution in [-0.2, 0) is 0 Å². The molecule has 160 valence electrons. The molecule has 9 nitrogen and oxygen atoms in total. The number of fused-ring (bicyclic) bond motifs is 2. The van der Waals surface area contributed by atoms with E-state index in [4.69, 9.17) is 9.72 Å². The zero-order valence-corrected chi connectivity index (χ0v) is 17.7. The number of methoxy groups -OCH3 is 1. The Hall–Kier alpha value is -4.01. The van der Waals surface area contributed by atoms with Crippen LogP contribution in [0, 0.1) is 0 Å². The zero-order valence-electron chi connectivity index (χ0n) is 17.7. The van der Waals surface area contributed by atoms with E-state index in [1.807, 2.05) is 18.3 Å². The standard InChI is InChI=1S/C23H22N8O/c1-32-15-9-14(11-24-12-15)17-10-16-18(13-26-17)29-30-20(16)23-27-21-19(5-6-25-22(21)28-23)31-7-3-2-4-8-31/h5-6,9-13H,2-4,7-8H2,1H3,(H,29,30)(H,25,27,28). The second-order valence-corrected chi connectivity index (χ2v) is 7.96. The second kappa shape index (κ2) is 7.60. The van der Waals surface area contributed by atoms with Crippen molar-refractivity contribution < 1.29 is 4.74 Å². The summed E-state index contributed by atoms with van der Waals surface area (Å²) >= 11 is 0. The van der Waals surface area contributed by atoms with Crippen LogP contribution in [0.4, 0.5) is 5.69 Å². The number of ether oxygens (including phenoxy) is 1. The molecule has 0 unspecified atom stereocenters. The molecule has 0 bridgehead atoms. The van der Waals surface area contributed by atoms with Gasteiger partial charge in [0, 0.05) is 36.4 Å². The van der Waals surface area contributed by atoms with E-state index in [-0.39, 0.29) is 0 Å². The third-order valence-corrected chi connectivity index (χ3v) is 5.98. The normalized spacial score (nSPS) is 14.3. The summed E-state index contributed by atoms with van der Waals surface area (Å²) < 4.78 is 5.30. The molecule has 0 spiro atoms. The number of aromatic amines is 2. The SMILES string of the molecule is COc1cncc(-c2cc3c(-c4nc5c(N6CCCCC6)ccnc5[nH]4)n[nH]c3cn2)c1. The van der Waals surface area contributed by atoms with Crippen LogP contribution in [0.2, 0.25) is 0 Å². The van der Waals surface area contributed by atoms with Gasteiger partial charge in [-0.25, -0.2) is 9.97 Å². The molecule has 1 aliphatic heterocycles. The number of hydrogen-bond donors (Lipinski definition) is 2. The maximum atomic E-state index is 5.30. The predicted molar refractivity (Wildman–Crippen MR) is 123 cm³/mol. The van der Waals surface area contributed by atoms with Gasteiger partial charge in [-0.2, -0.15) is 5.10 Å². The summed E-state index contributed by atoms with van der Waals surface area (Å²) in [5.74, 6) is 1.37. The van der Waals surface area contributed by atoms with Gasteiger partial charge < -0.3 is 14.6 Å². The zero-order chi connectivity index (χ0) is 21.5. The lowest BCUT2D eigenvalue weighted by Crippen LogP contribution is -2.29. The van der Waals surface area contributed by atoms with Crippen LogP contribution in [0.15, 0.2) is 43.0 Å². The van der Waals surface area contributed by atoms with Gasteiger partial charge in [-0.05, 0) is 37.5 Å². The minimum atomic E-state index is 0.684. The van der Waals surface area contributed by atoms with E-state index in [0.29, 0.717) is 11.6 Å². The third kappa shape index (κ3) is 3.13. The van der Waals surface area contributed by atoms with E-state index in [9.17, 15) is 0 Å². The summed E-state index contributed by atoms with van der Waals surface area (Å²) in [6.45, 7) is 2.10. The first-order chi connectivity index (χ1) is 15.8. The maximum Gasteiger partial charge on any atom is 0.161 e. The molecule has 32 heavy (non-hydrogen) atoms. The molecule has 5 aromatic rings. The summed E-state index contributed by atoms with van der Waals surface area (Å²) in [5, 5.41) is 8.52. The highest BCUT2D eigenvalue weighted by molar-refractivity contribution is 5.95. The lowest BCUT2D eigenvalue weighted by atomic mass is 10.1. The highest BCUT2D eigenvalue weighted by atomic mass is 16.5. The van der Waals surface area contributed by atoms with E-state index in [1.165, 1.54) is 19.3 Å². The Labute approximate surface area is 183 Å². The number of aromatic nitrogens is 7. The topological polar surface area (TPSA) is 109 Å². The van der Waals surface area contributed by atoms with E-state index >= 15 is 0 Å². The fourth-order valence-corrected chi connectivity index (χ4v) is 4.33. The lowest BCUT2D eigenvalue weighted by molar-refractivity contribution is 0.413. The van der Waals surface area contributed by atoms with Crippen LogP contribution in [0.25, 0.3) is 44.8 Å². The first-order valence-electron chi connectivity index (χ1n) is 10.7. The minimum Gasteiger partial charge on any atom is -0.495 e. The van der Waals surface area contributed by atoms with Gasteiger partial charge in [-0.15, -0.1) is 0 Å². The summed E-state index contributed by atoms with van der Waals surface area (Å²) in [5.41, 5.74) is 6.01. The first kappa shape index (κ1) is 18.7. The van der Waals surface area contributed by atoms with Crippen molar-refractivity contribution in [1.82, 2.24) is 35.1 Å². The molecule has 0 atom stereocenters. The van der Waals surface area contributed by atoms with E-state index in [2.05, 4.69) is 41.1 Å². The minimum absolute atomic E-state index is 0.684. The van der Waals surface area contributed by atoms with E-state index in [0.717, 1.165) is 57.8 Å². The molecule has 5 aromatic heterocycles. The van der Waals surface area contributed by atoms with Gasteiger partial charge in [0.1, 0.15) is 17.0 Å². The molecule has 6 rings (SSSR count). The Balaban J connectivity index is 1.45. The smallest absolute Gasteiger partial charge is 0.161 e. The van der Waals surface area contributed by atoms with Crippen molar-refractivity contribution in [2.75, 3.05) is 25.1 Å². The van der Waals surface area contributed by atoms with E-state index in [1.54, 1.807) is 25.7 Å². The van der Waals surface area contributed by atoms with Crippen LogP contribution in [-0.4, -0.2) is 55.3 Å². The Morgan fingerprint density at radius 2 is 1.94 bits per heavy atom. The number of piperidine rings is 1. The van der Waals surface area contributed by atoms with Gasteiger partial charge in [-0.3, -0.25) is 15.1 Å². The molecule has 0 saturated carbocycles. The number of anilines is 1. The van der Waals surface area contributed by atoms with Gasteiger partial charge in [-0.1, -0.05) is 0 Å². The quantitative estimate of drug-likeness (QED) is 0.448. The number of rotatable bonds is 4. The van der Waals surface area contributed by atoms with Crippen molar-refractivity contribution in [3.8, 4) is 28.5 Å². The largest absolute Gasteiger partial charge is 0.495 e. The van der Waals surface area contributed by atoms with Gasteiger partial charge in [0.2, 0.25) is 0 Å². The summed E-state index contributed by atoms with van der Waals surface area (Å²) in [6.07, 6.45) is 10.8. The van der Waals surface area contributed by atoms with Crippen LogP contribution in [0.3, 0.4) is 0 Å². The number of nitrogens with one attached hydrogen (secondary N) is 2. The van der Waals surface area contributed by atoms with Gasteiger partial charge in [0.15, 0.2) is 11.5 Å². The third-order valence-electron chi connectivity index (χ3n) is 5.98. The average Bonchev–Trinajstić information content (AvgIpc) is 3.48. The molecule has 2 N–H and O–H groups in total. The number of nitrogens with zero attached hydrogens (tertiary/aromatic N) is 6. The molecule has 0 aliphatic carbocycles. The molecule has 1 aliphatic rings. The molecule has 1 fully saturated rings. The Kier molecular flexibility index (Phi) is 4.45. The van der Waals surface area contributed by atoms with Gasteiger partial charge in [0.05, 0.1) is 36.4 Å². The number of imidazole rings is 1. The molecular weight excluding hydrogens is 404 g/mol. The van der Waals surface area contributed by atoms with Crippen molar-refractivity contribution in [2.45, 2.75) is 19.3 Å². The molecule has 0 aromatic carbocycles. The van der Waals surface area contributed by atoms with Crippen molar-refractivity contribution in [2.24, 2.45) is 0 Å². The van der Waals surface area contributed by atoms with Crippen LogP contribution in [0.1, 0.15) is 19.3 Å². The highest BCUT2D eigenvalue weighted by Gasteiger charge is 2.19. The molecule has 1 saturated heterocycles. The number of hydrogen-bond acceptors (Lipinski definition) is 7. The molecule has 6 heterocycles. The summed E-state index contributed by atoms with van der Waals surface area (Å²) in [7, 11) is 1.62. The first-order valence-corrected chi connectivity index (χ1v) is 10.7. The monoisotopic (exact) mass is 426 g/mol. The van der Waals surface area contributed by atoms with Crippen molar-refractivity contribution in [1.29, 1.82) is 0 Å². The fraction of sp³-hybridized carbons (Fsp3) is 0.261. The predicted octanol–water partition coefficient (Wildman–Crippen LogP) is 3.96. The second-order valence-electron chi connectivity index (χ2n) is 7.96. The van der Waals surface area contributed by atoms with Crippen LogP contribution in [0.5, 0.6) is 5.75 Å². The molecule has 0 amide bonds. The molecular formula is C23H22N8O. The van der Waals surface area contributed by atoms with Gasteiger partial charge >= 0.3 is 0 Å².